The number of amides is 1. The molecule has 2 heterocycles. The second kappa shape index (κ2) is 5.79. The van der Waals surface area contributed by atoms with Gasteiger partial charge in [-0.05, 0) is 6.07 Å². The van der Waals surface area contributed by atoms with Gasteiger partial charge in [-0.3, -0.25) is 9.48 Å². The number of nitrogens with zero attached hydrogens (tertiary/aromatic N) is 3. The fourth-order valence-corrected chi connectivity index (χ4v) is 1.92. The summed E-state index contributed by atoms with van der Waals surface area (Å²) < 4.78 is 6.96. The molecule has 6 heteroatoms. The van der Waals surface area contributed by atoms with E-state index in [1.54, 1.807) is 15.8 Å². The molecule has 1 aliphatic heterocycles. The van der Waals surface area contributed by atoms with Crippen LogP contribution in [0.2, 0.25) is 0 Å². The number of carbonyl (C=O) groups excluding carboxylic acids is 1. The number of aliphatic hydroxyl groups excluding tert-OH is 1. The molecule has 0 radical (unpaired) electrons. The van der Waals surface area contributed by atoms with Gasteiger partial charge in [0.05, 0.1) is 25.9 Å². The van der Waals surface area contributed by atoms with Crippen molar-refractivity contribution in [1.82, 2.24) is 14.7 Å². The third kappa shape index (κ3) is 3.04. The quantitative estimate of drug-likeness (QED) is 0.768. The number of rotatable bonds is 4. The molecule has 1 unspecified atom stereocenters. The van der Waals surface area contributed by atoms with Crippen LogP contribution in [0, 0.1) is 0 Å². The Bertz CT molecular complexity index is 353. The van der Waals surface area contributed by atoms with Gasteiger partial charge < -0.3 is 14.7 Å². The van der Waals surface area contributed by atoms with Crippen LogP contribution in [0.4, 0.5) is 0 Å². The van der Waals surface area contributed by atoms with Crippen molar-refractivity contribution in [3.63, 3.8) is 0 Å². The summed E-state index contributed by atoms with van der Waals surface area (Å²) in [7, 11) is 0. The van der Waals surface area contributed by atoms with E-state index in [-0.39, 0.29) is 18.6 Å². The van der Waals surface area contributed by atoms with Crippen LogP contribution >= 0.6 is 0 Å². The van der Waals surface area contributed by atoms with Crippen molar-refractivity contribution in [2.24, 2.45) is 0 Å². The Hall–Kier alpha value is -1.40. The van der Waals surface area contributed by atoms with Gasteiger partial charge >= 0.3 is 0 Å². The molecule has 1 aliphatic rings. The van der Waals surface area contributed by atoms with E-state index in [0.29, 0.717) is 32.7 Å². The minimum absolute atomic E-state index is 0.0443. The first-order chi connectivity index (χ1) is 8.31. The van der Waals surface area contributed by atoms with E-state index < -0.39 is 0 Å². The lowest BCUT2D eigenvalue weighted by molar-refractivity contribution is -0.141. The number of ether oxygens (including phenoxy) is 1. The Morgan fingerprint density at radius 1 is 1.59 bits per heavy atom. The molecule has 94 valence electrons. The highest BCUT2D eigenvalue weighted by molar-refractivity contribution is 5.76. The zero-order valence-corrected chi connectivity index (χ0v) is 9.66. The monoisotopic (exact) mass is 239 g/mol. The van der Waals surface area contributed by atoms with Gasteiger partial charge in [-0.1, -0.05) is 0 Å². The van der Waals surface area contributed by atoms with Crippen molar-refractivity contribution < 1.29 is 14.6 Å². The summed E-state index contributed by atoms with van der Waals surface area (Å²) in [5, 5.41) is 13.2. The van der Waals surface area contributed by atoms with Crippen LogP contribution in [0.3, 0.4) is 0 Å². The Morgan fingerprint density at radius 3 is 3.18 bits per heavy atom. The summed E-state index contributed by atoms with van der Waals surface area (Å²) in [5.74, 6) is 0.0443. The van der Waals surface area contributed by atoms with Crippen LogP contribution in [0.25, 0.3) is 0 Å². The largest absolute Gasteiger partial charge is 0.394 e. The predicted octanol–water partition coefficient (Wildman–Crippen LogP) is -0.507. The molecule has 1 aromatic rings. The van der Waals surface area contributed by atoms with Gasteiger partial charge in [0.1, 0.15) is 0 Å². The maximum atomic E-state index is 12.0. The molecule has 1 N–H and O–H groups in total. The molecule has 1 saturated heterocycles. The smallest absolute Gasteiger partial charge is 0.224 e. The van der Waals surface area contributed by atoms with E-state index in [0.717, 1.165) is 0 Å². The summed E-state index contributed by atoms with van der Waals surface area (Å²) in [6.07, 6.45) is 3.92. The van der Waals surface area contributed by atoms with Gasteiger partial charge in [0.15, 0.2) is 0 Å². The van der Waals surface area contributed by atoms with E-state index >= 15 is 0 Å². The molecule has 0 aromatic carbocycles. The molecule has 1 amide bonds. The third-order valence-corrected chi connectivity index (χ3v) is 2.87. The van der Waals surface area contributed by atoms with Gasteiger partial charge in [-0.25, -0.2) is 0 Å². The zero-order valence-electron chi connectivity index (χ0n) is 9.66. The van der Waals surface area contributed by atoms with Crippen molar-refractivity contribution in [3.05, 3.63) is 18.5 Å². The molecule has 2 rings (SSSR count). The zero-order chi connectivity index (χ0) is 12.1. The lowest BCUT2D eigenvalue weighted by Crippen LogP contribution is -2.50. The number of carbonyl (C=O) groups is 1. The molecule has 1 aromatic heterocycles. The van der Waals surface area contributed by atoms with Gasteiger partial charge in [0.25, 0.3) is 0 Å². The van der Waals surface area contributed by atoms with E-state index in [9.17, 15) is 9.90 Å². The molecule has 1 fully saturated rings. The Labute approximate surface area is 99.8 Å². The van der Waals surface area contributed by atoms with E-state index in [2.05, 4.69) is 5.10 Å². The molecule has 0 spiro atoms. The fraction of sp³-hybridized carbons (Fsp3) is 0.636. The highest BCUT2D eigenvalue weighted by Crippen LogP contribution is 2.08. The number of hydrogen-bond donors (Lipinski definition) is 1. The average Bonchev–Trinajstić information content (AvgIpc) is 2.89. The molecule has 0 aliphatic carbocycles. The van der Waals surface area contributed by atoms with Crippen LogP contribution in [0.15, 0.2) is 18.5 Å². The summed E-state index contributed by atoms with van der Waals surface area (Å²) in [4.78, 5) is 13.7. The standard InChI is InChI=1S/C11H17N3O3/c15-8-10-9-17-7-6-14(10)11(16)2-5-13-4-1-3-12-13/h1,3-4,10,15H,2,5-9H2. The summed E-state index contributed by atoms with van der Waals surface area (Å²) in [6.45, 7) is 2.05. The number of hydrogen-bond acceptors (Lipinski definition) is 4. The van der Waals surface area contributed by atoms with E-state index in [1.165, 1.54) is 0 Å². The van der Waals surface area contributed by atoms with Gasteiger partial charge in [-0.2, -0.15) is 5.10 Å². The topological polar surface area (TPSA) is 67.6 Å². The first-order valence-corrected chi connectivity index (χ1v) is 5.77. The molecule has 1 atom stereocenters. The summed E-state index contributed by atoms with van der Waals surface area (Å²) in [6, 6.07) is 1.63. The van der Waals surface area contributed by atoms with Gasteiger partial charge in [0.2, 0.25) is 5.91 Å². The minimum Gasteiger partial charge on any atom is -0.394 e. The lowest BCUT2D eigenvalue weighted by atomic mass is 10.2. The first kappa shape index (κ1) is 12.1. The average molecular weight is 239 g/mol. The number of aromatic nitrogens is 2. The van der Waals surface area contributed by atoms with Crippen molar-refractivity contribution in [2.75, 3.05) is 26.4 Å². The van der Waals surface area contributed by atoms with Crippen LogP contribution in [0.1, 0.15) is 6.42 Å². The van der Waals surface area contributed by atoms with E-state index in [4.69, 9.17) is 4.74 Å². The van der Waals surface area contributed by atoms with Crippen LogP contribution in [-0.2, 0) is 16.1 Å². The van der Waals surface area contributed by atoms with Crippen molar-refractivity contribution in [2.45, 2.75) is 19.0 Å². The lowest BCUT2D eigenvalue weighted by Gasteiger charge is -2.34. The molecule has 6 nitrogen and oxygen atoms in total. The van der Waals surface area contributed by atoms with Crippen molar-refractivity contribution in [3.8, 4) is 0 Å². The van der Waals surface area contributed by atoms with Crippen molar-refractivity contribution in [1.29, 1.82) is 0 Å². The highest BCUT2D eigenvalue weighted by atomic mass is 16.5. The normalized spacial score (nSPS) is 20.5. The first-order valence-electron chi connectivity index (χ1n) is 5.77. The Balaban J connectivity index is 1.85. The second-order valence-corrected chi connectivity index (χ2v) is 4.02. The summed E-state index contributed by atoms with van der Waals surface area (Å²) >= 11 is 0. The predicted molar refractivity (Wildman–Crippen MR) is 60.2 cm³/mol. The maximum Gasteiger partial charge on any atom is 0.224 e. The number of aliphatic hydroxyl groups is 1. The van der Waals surface area contributed by atoms with Crippen LogP contribution in [-0.4, -0.2) is 58.1 Å². The van der Waals surface area contributed by atoms with Gasteiger partial charge in [-0.15, -0.1) is 0 Å². The number of aryl methyl sites for hydroxylation is 1. The second-order valence-electron chi connectivity index (χ2n) is 4.02. The van der Waals surface area contributed by atoms with Gasteiger partial charge in [0, 0.05) is 31.9 Å². The molecular formula is C11H17N3O3. The Kier molecular flexibility index (Phi) is 4.11. The maximum absolute atomic E-state index is 12.0. The van der Waals surface area contributed by atoms with Crippen LogP contribution in [0.5, 0.6) is 0 Å². The van der Waals surface area contributed by atoms with Crippen LogP contribution < -0.4 is 0 Å². The molecule has 17 heavy (non-hydrogen) atoms. The SMILES string of the molecule is O=C(CCn1cccn1)N1CCOCC1CO. The molecular weight excluding hydrogens is 222 g/mol. The van der Waals surface area contributed by atoms with E-state index in [1.807, 2.05) is 12.3 Å². The highest BCUT2D eigenvalue weighted by Gasteiger charge is 2.26. The van der Waals surface area contributed by atoms with Crippen molar-refractivity contribution >= 4 is 5.91 Å². The molecule has 0 bridgehead atoms. The molecule has 0 saturated carbocycles. The minimum atomic E-state index is -0.200. The fourth-order valence-electron chi connectivity index (χ4n) is 1.92. The third-order valence-electron chi connectivity index (χ3n) is 2.87. The number of morpholine rings is 1. The summed E-state index contributed by atoms with van der Waals surface area (Å²) in [5.41, 5.74) is 0. The Morgan fingerprint density at radius 2 is 2.47 bits per heavy atom.